The Kier molecular flexibility index (Phi) is 6.54. The molecule has 1 aromatic heterocycles. The van der Waals surface area contributed by atoms with Gasteiger partial charge in [0.25, 0.3) is 11.6 Å². The zero-order valence-electron chi connectivity index (χ0n) is 18.0. The number of benzene rings is 3. The Morgan fingerprint density at radius 3 is 2.42 bits per heavy atom. The summed E-state index contributed by atoms with van der Waals surface area (Å²) < 4.78 is 5.40. The monoisotopic (exact) mass is 442 g/mol. The number of amides is 1. The highest BCUT2D eigenvalue weighted by Crippen LogP contribution is 2.24. The summed E-state index contributed by atoms with van der Waals surface area (Å²) >= 11 is 0. The standard InChI is InChI=1S/C25H22N4O4/c1-18(19-9-4-2-5-10-19)28(25(30)21-13-8-14-22(17-21)29(31)32)16-15-23-26-24(27-33-23)20-11-6-3-7-12-20/h2-14,17-18H,15-16H2,1H3/t18-/m1/s1. The normalized spacial score (nSPS) is 11.7. The first-order chi connectivity index (χ1) is 16.0. The first kappa shape index (κ1) is 21.9. The van der Waals surface area contributed by atoms with E-state index in [1.54, 1.807) is 11.0 Å². The summed E-state index contributed by atoms with van der Waals surface area (Å²) in [5.74, 6) is 0.585. The molecule has 0 saturated carbocycles. The minimum absolute atomic E-state index is 0.127. The molecule has 0 aliphatic carbocycles. The predicted octanol–water partition coefficient (Wildman–Crippen LogP) is 5.09. The minimum atomic E-state index is -0.509. The number of non-ortho nitro benzene ring substituents is 1. The quantitative estimate of drug-likeness (QED) is 0.278. The van der Waals surface area contributed by atoms with Crippen LogP contribution < -0.4 is 0 Å². The highest BCUT2D eigenvalue weighted by molar-refractivity contribution is 5.95. The van der Waals surface area contributed by atoms with Crippen molar-refractivity contribution >= 4 is 11.6 Å². The van der Waals surface area contributed by atoms with Crippen molar-refractivity contribution in [2.45, 2.75) is 19.4 Å². The summed E-state index contributed by atoms with van der Waals surface area (Å²) in [5.41, 5.74) is 1.92. The van der Waals surface area contributed by atoms with Gasteiger partial charge in [-0.1, -0.05) is 71.9 Å². The smallest absolute Gasteiger partial charge is 0.270 e. The van der Waals surface area contributed by atoms with E-state index in [2.05, 4.69) is 10.1 Å². The van der Waals surface area contributed by atoms with Gasteiger partial charge in [0.15, 0.2) is 0 Å². The van der Waals surface area contributed by atoms with E-state index in [1.807, 2.05) is 67.6 Å². The molecule has 8 nitrogen and oxygen atoms in total. The van der Waals surface area contributed by atoms with Crippen molar-refractivity contribution in [3.8, 4) is 11.4 Å². The molecule has 1 atom stereocenters. The lowest BCUT2D eigenvalue weighted by Gasteiger charge is -2.29. The van der Waals surface area contributed by atoms with E-state index >= 15 is 0 Å². The van der Waals surface area contributed by atoms with E-state index in [9.17, 15) is 14.9 Å². The molecule has 33 heavy (non-hydrogen) atoms. The Morgan fingerprint density at radius 2 is 1.73 bits per heavy atom. The van der Waals surface area contributed by atoms with Crippen LogP contribution in [0.25, 0.3) is 11.4 Å². The van der Waals surface area contributed by atoms with Crippen LogP contribution in [0.15, 0.2) is 89.5 Å². The van der Waals surface area contributed by atoms with E-state index in [-0.39, 0.29) is 23.2 Å². The number of aromatic nitrogens is 2. The van der Waals surface area contributed by atoms with Crippen LogP contribution in [0.4, 0.5) is 5.69 Å². The molecular weight excluding hydrogens is 420 g/mol. The van der Waals surface area contributed by atoms with E-state index in [4.69, 9.17) is 4.52 Å². The van der Waals surface area contributed by atoms with Gasteiger partial charge in [0.1, 0.15) is 0 Å². The predicted molar refractivity (Wildman–Crippen MR) is 122 cm³/mol. The van der Waals surface area contributed by atoms with Crippen molar-refractivity contribution in [1.29, 1.82) is 0 Å². The van der Waals surface area contributed by atoms with Crippen molar-refractivity contribution in [2.24, 2.45) is 0 Å². The maximum atomic E-state index is 13.4. The van der Waals surface area contributed by atoms with Crippen molar-refractivity contribution in [1.82, 2.24) is 15.0 Å². The fraction of sp³-hybridized carbons (Fsp3) is 0.160. The molecule has 0 N–H and O–H groups in total. The van der Waals surface area contributed by atoms with Crippen molar-refractivity contribution in [2.75, 3.05) is 6.54 Å². The maximum Gasteiger partial charge on any atom is 0.270 e. The number of hydrogen-bond acceptors (Lipinski definition) is 6. The molecule has 0 aliphatic heterocycles. The second-order valence-corrected chi connectivity index (χ2v) is 7.52. The zero-order chi connectivity index (χ0) is 23.2. The molecule has 3 aromatic carbocycles. The number of nitro benzene ring substituents is 1. The Balaban J connectivity index is 1.58. The Labute approximate surface area is 190 Å². The van der Waals surface area contributed by atoms with Crippen molar-refractivity contribution in [3.63, 3.8) is 0 Å². The van der Waals surface area contributed by atoms with Gasteiger partial charge in [-0.2, -0.15) is 4.98 Å². The van der Waals surface area contributed by atoms with Gasteiger partial charge in [-0.25, -0.2) is 0 Å². The summed E-state index contributed by atoms with van der Waals surface area (Å²) in [4.78, 5) is 30.2. The summed E-state index contributed by atoms with van der Waals surface area (Å²) in [6.07, 6.45) is 0.345. The molecule has 4 rings (SSSR count). The average Bonchev–Trinajstić information content (AvgIpc) is 3.34. The van der Waals surface area contributed by atoms with Gasteiger partial charge < -0.3 is 9.42 Å². The molecule has 0 saturated heterocycles. The van der Waals surface area contributed by atoms with E-state index in [0.717, 1.165) is 11.1 Å². The molecule has 0 bridgehead atoms. The van der Waals surface area contributed by atoms with Crippen LogP contribution >= 0.6 is 0 Å². The maximum absolute atomic E-state index is 13.4. The Hall–Kier alpha value is -4.33. The second-order valence-electron chi connectivity index (χ2n) is 7.52. The third-order valence-electron chi connectivity index (χ3n) is 5.38. The van der Waals surface area contributed by atoms with E-state index in [0.29, 0.717) is 24.7 Å². The van der Waals surface area contributed by atoms with Crippen LogP contribution in [0.1, 0.15) is 34.8 Å². The fourth-order valence-corrected chi connectivity index (χ4v) is 3.58. The fourth-order valence-electron chi connectivity index (χ4n) is 3.58. The molecule has 0 fully saturated rings. The highest BCUT2D eigenvalue weighted by atomic mass is 16.6. The third kappa shape index (κ3) is 5.12. The van der Waals surface area contributed by atoms with Crippen LogP contribution in [0.5, 0.6) is 0 Å². The van der Waals surface area contributed by atoms with Crippen LogP contribution in [0.3, 0.4) is 0 Å². The molecule has 8 heteroatoms. The lowest BCUT2D eigenvalue weighted by atomic mass is 10.0. The SMILES string of the molecule is C[C@H](c1ccccc1)N(CCc1nc(-c2ccccc2)no1)C(=O)c1cccc([N+](=O)[O-])c1. The van der Waals surface area contributed by atoms with Crippen LogP contribution in [-0.4, -0.2) is 32.4 Å². The van der Waals surface area contributed by atoms with Gasteiger partial charge >= 0.3 is 0 Å². The Bertz CT molecular complexity index is 1240. The first-order valence-electron chi connectivity index (χ1n) is 10.5. The molecular formula is C25H22N4O4. The topological polar surface area (TPSA) is 102 Å². The molecule has 0 radical (unpaired) electrons. The summed E-state index contributed by atoms with van der Waals surface area (Å²) in [5, 5.41) is 15.2. The lowest BCUT2D eigenvalue weighted by molar-refractivity contribution is -0.384. The molecule has 0 aliphatic rings. The number of rotatable bonds is 8. The van der Waals surface area contributed by atoms with Gasteiger partial charge in [0.05, 0.1) is 11.0 Å². The third-order valence-corrected chi connectivity index (χ3v) is 5.38. The molecule has 166 valence electrons. The van der Waals surface area contributed by atoms with Gasteiger partial charge in [-0.3, -0.25) is 14.9 Å². The number of nitro groups is 1. The van der Waals surface area contributed by atoms with Gasteiger partial charge in [0.2, 0.25) is 11.7 Å². The average molecular weight is 442 g/mol. The molecule has 1 heterocycles. The van der Waals surface area contributed by atoms with Crippen LogP contribution in [-0.2, 0) is 6.42 Å². The van der Waals surface area contributed by atoms with Gasteiger partial charge in [-0.05, 0) is 18.6 Å². The van der Waals surface area contributed by atoms with Crippen LogP contribution in [0.2, 0.25) is 0 Å². The largest absolute Gasteiger partial charge is 0.339 e. The van der Waals surface area contributed by atoms with E-state index in [1.165, 1.54) is 18.2 Å². The second kappa shape index (κ2) is 9.86. The van der Waals surface area contributed by atoms with E-state index < -0.39 is 4.92 Å². The molecule has 1 amide bonds. The number of nitrogens with zero attached hydrogens (tertiary/aromatic N) is 4. The van der Waals surface area contributed by atoms with Gasteiger partial charge in [-0.15, -0.1) is 0 Å². The van der Waals surface area contributed by atoms with Crippen molar-refractivity contribution in [3.05, 3.63) is 112 Å². The number of carbonyl (C=O) groups excluding carboxylic acids is 1. The van der Waals surface area contributed by atoms with Crippen LogP contribution in [0, 0.1) is 10.1 Å². The molecule has 0 spiro atoms. The molecule has 4 aromatic rings. The lowest BCUT2D eigenvalue weighted by Crippen LogP contribution is -2.35. The number of hydrogen-bond donors (Lipinski definition) is 0. The number of carbonyl (C=O) groups is 1. The summed E-state index contributed by atoms with van der Waals surface area (Å²) in [6, 6.07) is 24.6. The van der Waals surface area contributed by atoms with Gasteiger partial charge in [0, 0.05) is 36.2 Å². The minimum Gasteiger partial charge on any atom is -0.339 e. The van der Waals surface area contributed by atoms with Crippen molar-refractivity contribution < 1.29 is 14.2 Å². The summed E-state index contributed by atoms with van der Waals surface area (Å²) in [7, 11) is 0. The zero-order valence-corrected chi connectivity index (χ0v) is 18.0. The summed E-state index contributed by atoms with van der Waals surface area (Å²) in [6.45, 7) is 2.22. The molecule has 0 unspecified atom stereocenters. The highest BCUT2D eigenvalue weighted by Gasteiger charge is 2.25. The Morgan fingerprint density at radius 1 is 1.03 bits per heavy atom. The first-order valence-corrected chi connectivity index (χ1v) is 10.5.